The summed E-state index contributed by atoms with van der Waals surface area (Å²) in [6.07, 6.45) is 0.0409. The first-order valence-electron chi connectivity index (χ1n) is 7.65. The van der Waals surface area contributed by atoms with E-state index in [0.29, 0.717) is 27.9 Å². The van der Waals surface area contributed by atoms with Gasteiger partial charge in [0.25, 0.3) is 5.91 Å². The molecule has 25 heavy (non-hydrogen) atoms. The number of carbonyl (C=O) groups excluding carboxylic acids is 2. The lowest BCUT2D eigenvalue weighted by Crippen LogP contribution is -2.35. The molecule has 1 saturated heterocycles. The van der Waals surface area contributed by atoms with Gasteiger partial charge in [-0.15, -0.1) is 0 Å². The number of nitrogens with zero attached hydrogens (tertiary/aromatic N) is 1. The third-order valence-electron chi connectivity index (χ3n) is 3.98. The first-order valence-corrected chi connectivity index (χ1v) is 8.03. The standard InChI is InChI=1S/C18H17ClN2O4/c1-24-11-7-8-15(16(9-11)25-2)21-17(22)10-14(18(21)23)20-13-6-4-3-5-12(13)19/h3-9,14,20H,10H2,1-2H3/t14-/m0/s1. The quantitative estimate of drug-likeness (QED) is 0.830. The van der Waals surface area contributed by atoms with Crippen LogP contribution in [0.25, 0.3) is 0 Å². The van der Waals surface area contributed by atoms with Crippen LogP contribution in [0.15, 0.2) is 42.5 Å². The summed E-state index contributed by atoms with van der Waals surface area (Å²) in [5.74, 6) is 0.302. The molecule has 0 aliphatic carbocycles. The molecule has 1 heterocycles. The number of halogens is 1. The van der Waals surface area contributed by atoms with E-state index in [1.165, 1.54) is 14.2 Å². The Balaban J connectivity index is 1.88. The van der Waals surface area contributed by atoms with Gasteiger partial charge in [-0.05, 0) is 24.3 Å². The average molecular weight is 361 g/mol. The zero-order valence-electron chi connectivity index (χ0n) is 13.8. The highest BCUT2D eigenvalue weighted by molar-refractivity contribution is 6.33. The third kappa shape index (κ3) is 3.25. The van der Waals surface area contributed by atoms with Gasteiger partial charge in [0.2, 0.25) is 5.91 Å². The Morgan fingerprint density at radius 1 is 1.12 bits per heavy atom. The second-order valence-corrected chi connectivity index (χ2v) is 5.89. The molecule has 0 radical (unpaired) electrons. The Morgan fingerprint density at radius 2 is 1.88 bits per heavy atom. The summed E-state index contributed by atoms with van der Waals surface area (Å²) in [4.78, 5) is 26.3. The molecule has 1 atom stereocenters. The topological polar surface area (TPSA) is 67.9 Å². The molecule has 3 rings (SSSR count). The van der Waals surface area contributed by atoms with Gasteiger partial charge in [-0.1, -0.05) is 23.7 Å². The number of imide groups is 1. The second kappa shape index (κ2) is 7.03. The van der Waals surface area contributed by atoms with Gasteiger partial charge in [0.1, 0.15) is 17.5 Å². The zero-order valence-corrected chi connectivity index (χ0v) is 14.5. The molecule has 1 aliphatic rings. The summed E-state index contributed by atoms with van der Waals surface area (Å²) < 4.78 is 10.4. The molecule has 0 spiro atoms. The molecule has 2 amide bonds. The molecule has 130 valence electrons. The molecule has 1 fully saturated rings. The SMILES string of the molecule is COc1ccc(N2C(=O)C[C@H](Nc3ccccc3Cl)C2=O)c(OC)c1. The lowest BCUT2D eigenvalue weighted by atomic mass is 10.2. The smallest absolute Gasteiger partial charge is 0.256 e. The number of para-hydroxylation sites is 1. The fraction of sp³-hybridized carbons (Fsp3) is 0.222. The Hall–Kier alpha value is -2.73. The molecule has 2 aromatic rings. The minimum atomic E-state index is -0.681. The van der Waals surface area contributed by atoms with Crippen LogP contribution in [0.1, 0.15) is 6.42 Å². The number of anilines is 2. The van der Waals surface area contributed by atoms with E-state index >= 15 is 0 Å². The van der Waals surface area contributed by atoms with Crippen molar-refractivity contribution in [3.63, 3.8) is 0 Å². The Bertz CT molecular complexity index is 824. The highest BCUT2D eigenvalue weighted by Crippen LogP contribution is 2.36. The number of carbonyl (C=O) groups is 2. The van der Waals surface area contributed by atoms with Gasteiger partial charge in [0.15, 0.2) is 0 Å². The van der Waals surface area contributed by atoms with E-state index in [9.17, 15) is 9.59 Å². The predicted octanol–water partition coefficient (Wildman–Crippen LogP) is 3.10. The Labute approximate surface area is 150 Å². The minimum absolute atomic E-state index is 0.0409. The second-order valence-electron chi connectivity index (χ2n) is 5.49. The maximum atomic E-state index is 12.8. The number of hydrogen-bond acceptors (Lipinski definition) is 5. The molecule has 1 N–H and O–H groups in total. The summed E-state index contributed by atoms with van der Waals surface area (Å²) in [7, 11) is 3.01. The first-order chi connectivity index (χ1) is 12.0. The Morgan fingerprint density at radius 3 is 2.56 bits per heavy atom. The summed E-state index contributed by atoms with van der Waals surface area (Å²) in [5.41, 5.74) is 1.00. The largest absolute Gasteiger partial charge is 0.497 e. The summed E-state index contributed by atoms with van der Waals surface area (Å²) in [6, 6.07) is 11.3. The van der Waals surface area contributed by atoms with Crippen molar-refractivity contribution in [3.05, 3.63) is 47.5 Å². The molecule has 7 heteroatoms. The zero-order chi connectivity index (χ0) is 18.0. The van der Waals surface area contributed by atoms with E-state index < -0.39 is 6.04 Å². The molecule has 1 aliphatic heterocycles. The minimum Gasteiger partial charge on any atom is -0.497 e. The summed E-state index contributed by atoms with van der Waals surface area (Å²) >= 11 is 6.11. The molecule has 0 unspecified atom stereocenters. The van der Waals surface area contributed by atoms with Crippen molar-refractivity contribution < 1.29 is 19.1 Å². The van der Waals surface area contributed by atoms with Gasteiger partial charge in [0, 0.05) is 6.07 Å². The van der Waals surface area contributed by atoms with Crippen molar-refractivity contribution in [1.82, 2.24) is 0 Å². The highest BCUT2D eigenvalue weighted by atomic mass is 35.5. The van der Waals surface area contributed by atoms with Crippen LogP contribution < -0.4 is 19.7 Å². The fourth-order valence-electron chi connectivity index (χ4n) is 2.73. The lowest BCUT2D eigenvalue weighted by molar-refractivity contribution is -0.121. The summed E-state index contributed by atoms with van der Waals surface area (Å²) in [5, 5.41) is 3.53. The highest BCUT2D eigenvalue weighted by Gasteiger charge is 2.41. The van der Waals surface area contributed by atoms with Crippen molar-refractivity contribution in [2.24, 2.45) is 0 Å². The molecule has 6 nitrogen and oxygen atoms in total. The van der Waals surface area contributed by atoms with Crippen molar-refractivity contribution in [2.45, 2.75) is 12.5 Å². The van der Waals surface area contributed by atoms with Crippen LogP contribution in [0.5, 0.6) is 11.5 Å². The number of nitrogens with one attached hydrogen (secondary N) is 1. The van der Waals surface area contributed by atoms with Crippen LogP contribution in [0.3, 0.4) is 0 Å². The van der Waals surface area contributed by atoms with Crippen molar-refractivity contribution in [2.75, 3.05) is 24.4 Å². The number of rotatable bonds is 5. The van der Waals surface area contributed by atoms with Crippen LogP contribution in [-0.4, -0.2) is 32.1 Å². The van der Waals surface area contributed by atoms with Gasteiger partial charge in [0.05, 0.1) is 37.0 Å². The predicted molar refractivity (Wildman–Crippen MR) is 95.5 cm³/mol. The van der Waals surface area contributed by atoms with Crippen LogP contribution in [0.4, 0.5) is 11.4 Å². The molecule has 0 bridgehead atoms. The van der Waals surface area contributed by atoms with Gasteiger partial charge in [-0.25, -0.2) is 4.90 Å². The van der Waals surface area contributed by atoms with Crippen LogP contribution in [0, 0.1) is 0 Å². The van der Waals surface area contributed by atoms with Crippen molar-refractivity contribution >= 4 is 34.8 Å². The first kappa shape index (κ1) is 17.1. The molecular weight excluding hydrogens is 344 g/mol. The third-order valence-corrected chi connectivity index (χ3v) is 4.31. The van der Waals surface area contributed by atoms with E-state index in [0.717, 1.165) is 4.90 Å². The molecule has 2 aromatic carbocycles. The fourth-order valence-corrected chi connectivity index (χ4v) is 2.92. The van der Waals surface area contributed by atoms with E-state index in [1.54, 1.807) is 42.5 Å². The van der Waals surface area contributed by atoms with E-state index in [2.05, 4.69) is 5.32 Å². The average Bonchev–Trinajstić information content (AvgIpc) is 2.90. The van der Waals surface area contributed by atoms with Gasteiger partial charge in [-0.3, -0.25) is 9.59 Å². The number of methoxy groups -OCH3 is 2. The van der Waals surface area contributed by atoms with Crippen molar-refractivity contribution in [3.8, 4) is 11.5 Å². The Kier molecular flexibility index (Phi) is 4.81. The van der Waals surface area contributed by atoms with Crippen LogP contribution in [-0.2, 0) is 9.59 Å². The normalized spacial score (nSPS) is 16.9. The number of benzene rings is 2. The molecular formula is C18H17ClN2O4. The monoisotopic (exact) mass is 360 g/mol. The van der Waals surface area contributed by atoms with Crippen molar-refractivity contribution in [1.29, 1.82) is 0 Å². The maximum Gasteiger partial charge on any atom is 0.256 e. The number of hydrogen-bond donors (Lipinski definition) is 1. The van der Waals surface area contributed by atoms with E-state index in [4.69, 9.17) is 21.1 Å². The number of amides is 2. The van der Waals surface area contributed by atoms with Gasteiger partial charge in [-0.2, -0.15) is 0 Å². The van der Waals surface area contributed by atoms with E-state index in [1.807, 2.05) is 0 Å². The van der Waals surface area contributed by atoms with Gasteiger partial charge < -0.3 is 14.8 Å². The van der Waals surface area contributed by atoms with Gasteiger partial charge >= 0.3 is 0 Å². The summed E-state index contributed by atoms with van der Waals surface area (Å²) in [6.45, 7) is 0. The molecule has 0 aromatic heterocycles. The maximum absolute atomic E-state index is 12.8. The number of ether oxygens (including phenoxy) is 2. The van der Waals surface area contributed by atoms with Crippen LogP contribution >= 0.6 is 11.6 Å². The van der Waals surface area contributed by atoms with E-state index in [-0.39, 0.29) is 18.2 Å². The van der Waals surface area contributed by atoms with Crippen LogP contribution in [0.2, 0.25) is 5.02 Å². The lowest BCUT2D eigenvalue weighted by Gasteiger charge is -2.19. The molecule has 0 saturated carbocycles.